The number of hydrogen-bond acceptors (Lipinski definition) is 3. The lowest BCUT2D eigenvalue weighted by Crippen LogP contribution is -2.51. The van der Waals surface area contributed by atoms with Crippen molar-refractivity contribution in [1.82, 2.24) is 4.90 Å². The maximum atomic E-state index is 9.20. The van der Waals surface area contributed by atoms with E-state index in [-0.39, 0.29) is 12.5 Å². The lowest BCUT2D eigenvalue weighted by Gasteiger charge is -2.36. The first-order chi connectivity index (χ1) is 7.70. The second-order valence-electron chi connectivity index (χ2n) is 4.58. The molecule has 3 heteroatoms. The molecule has 0 aliphatic carbocycles. The predicted octanol–water partition coefficient (Wildman–Crippen LogP) is 1.48. The number of likely N-dealkylation sites (N-methyl/N-ethyl adjacent to an activating group) is 1. The number of para-hydroxylation sites is 1. The van der Waals surface area contributed by atoms with Crippen molar-refractivity contribution in [3.05, 3.63) is 29.8 Å². The first-order valence-electron chi connectivity index (χ1n) is 5.75. The van der Waals surface area contributed by atoms with E-state index >= 15 is 0 Å². The Balaban J connectivity index is 2.07. The lowest BCUT2D eigenvalue weighted by atomic mass is 10.0. The average Bonchev–Trinajstić information content (AvgIpc) is 2.27. The molecule has 1 atom stereocenters. The first-order valence-corrected chi connectivity index (χ1v) is 5.75. The van der Waals surface area contributed by atoms with E-state index in [9.17, 15) is 5.11 Å². The lowest BCUT2D eigenvalue weighted by molar-refractivity contribution is 0.0377. The molecule has 0 radical (unpaired) electrons. The molecule has 1 aromatic carbocycles. The van der Waals surface area contributed by atoms with Gasteiger partial charge in [0.05, 0.1) is 0 Å². The van der Waals surface area contributed by atoms with Gasteiger partial charge >= 0.3 is 0 Å². The molecule has 0 amide bonds. The summed E-state index contributed by atoms with van der Waals surface area (Å²) in [6.45, 7) is 4.14. The molecule has 0 bridgehead atoms. The zero-order valence-corrected chi connectivity index (χ0v) is 9.89. The maximum absolute atomic E-state index is 9.20. The van der Waals surface area contributed by atoms with E-state index in [0.29, 0.717) is 6.10 Å². The third kappa shape index (κ3) is 2.36. The SMILES string of the molecule is CC(CO)c1ccccc1OC1CN(C)C1. The minimum Gasteiger partial charge on any atom is -0.487 e. The molecule has 1 aromatic rings. The van der Waals surface area contributed by atoms with E-state index < -0.39 is 0 Å². The molecule has 2 rings (SSSR count). The molecule has 3 nitrogen and oxygen atoms in total. The maximum Gasteiger partial charge on any atom is 0.124 e. The summed E-state index contributed by atoms with van der Waals surface area (Å²) in [4.78, 5) is 2.22. The largest absolute Gasteiger partial charge is 0.487 e. The number of hydrogen-bond donors (Lipinski definition) is 1. The normalized spacial score (nSPS) is 19.2. The molecule has 0 spiro atoms. The van der Waals surface area contributed by atoms with Crippen LogP contribution in [0.15, 0.2) is 24.3 Å². The van der Waals surface area contributed by atoms with Crippen LogP contribution in [0.1, 0.15) is 18.4 Å². The predicted molar refractivity (Wildman–Crippen MR) is 63.9 cm³/mol. The Hall–Kier alpha value is -1.06. The second-order valence-corrected chi connectivity index (χ2v) is 4.58. The number of aliphatic hydroxyl groups is 1. The molecule has 1 unspecified atom stereocenters. The molecule has 88 valence electrons. The molecule has 0 saturated carbocycles. The van der Waals surface area contributed by atoms with Crippen molar-refractivity contribution in [1.29, 1.82) is 0 Å². The van der Waals surface area contributed by atoms with Crippen molar-refractivity contribution in [2.75, 3.05) is 26.7 Å². The monoisotopic (exact) mass is 221 g/mol. The highest BCUT2D eigenvalue weighted by Gasteiger charge is 2.25. The molecule has 1 saturated heterocycles. The number of aliphatic hydroxyl groups excluding tert-OH is 1. The van der Waals surface area contributed by atoms with Gasteiger partial charge in [0, 0.05) is 25.6 Å². The van der Waals surface area contributed by atoms with Crippen LogP contribution in [-0.2, 0) is 0 Å². The quantitative estimate of drug-likeness (QED) is 0.836. The zero-order valence-electron chi connectivity index (χ0n) is 9.89. The second kappa shape index (κ2) is 4.85. The molecule has 1 aliphatic heterocycles. The molecule has 16 heavy (non-hydrogen) atoms. The van der Waals surface area contributed by atoms with E-state index in [1.807, 2.05) is 31.2 Å². The number of benzene rings is 1. The zero-order chi connectivity index (χ0) is 11.5. The number of rotatable bonds is 4. The van der Waals surface area contributed by atoms with Gasteiger partial charge in [0.15, 0.2) is 0 Å². The summed E-state index contributed by atoms with van der Waals surface area (Å²) < 4.78 is 5.92. The molecule has 0 aromatic heterocycles. The van der Waals surface area contributed by atoms with Crippen LogP contribution in [0.3, 0.4) is 0 Å². The highest BCUT2D eigenvalue weighted by atomic mass is 16.5. The summed E-state index contributed by atoms with van der Waals surface area (Å²) in [7, 11) is 2.09. The average molecular weight is 221 g/mol. The summed E-state index contributed by atoms with van der Waals surface area (Å²) in [5.41, 5.74) is 1.10. The molecular weight excluding hydrogens is 202 g/mol. The van der Waals surface area contributed by atoms with Crippen LogP contribution in [0.25, 0.3) is 0 Å². The van der Waals surface area contributed by atoms with Crippen LogP contribution >= 0.6 is 0 Å². The van der Waals surface area contributed by atoms with Crippen molar-refractivity contribution in [2.45, 2.75) is 18.9 Å². The summed E-state index contributed by atoms with van der Waals surface area (Å²) in [5, 5.41) is 9.20. The van der Waals surface area contributed by atoms with Gasteiger partial charge in [0.1, 0.15) is 11.9 Å². The van der Waals surface area contributed by atoms with Crippen LogP contribution in [0.4, 0.5) is 0 Å². The van der Waals surface area contributed by atoms with Crippen molar-refractivity contribution in [3.8, 4) is 5.75 Å². The Labute approximate surface area is 96.6 Å². The Kier molecular flexibility index (Phi) is 3.46. The van der Waals surface area contributed by atoms with Crippen molar-refractivity contribution in [3.63, 3.8) is 0 Å². The molecular formula is C13H19NO2. The Morgan fingerprint density at radius 3 is 2.75 bits per heavy atom. The minimum atomic E-state index is 0.133. The first kappa shape index (κ1) is 11.4. The highest BCUT2D eigenvalue weighted by Crippen LogP contribution is 2.28. The van der Waals surface area contributed by atoms with Crippen molar-refractivity contribution in [2.24, 2.45) is 0 Å². The van der Waals surface area contributed by atoms with Gasteiger partial charge in [-0.25, -0.2) is 0 Å². The third-order valence-electron chi connectivity index (χ3n) is 3.05. The molecule has 1 N–H and O–H groups in total. The Bertz CT molecular complexity index is 348. The van der Waals surface area contributed by atoms with Gasteiger partial charge in [-0.3, -0.25) is 4.90 Å². The minimum absolute atomic E-state index is 0.133. The fourth-order valence-electron chi connectivity index (χ4n) is 1.99. The van der Waals surface area contributed by atoms with Crippen LogP contribution in [-0.4, -0.2) is 42.9 Å². The fraction of sp³-hybridized carbons (Fsp3) is 0.538. The van der Waals surface area contributed by atoms with Gasteiger partial charge < -0.3 is 9.84 Å². The van der Waals surface area contributed by atoms with E-state index in [1.165, 1.54) is 0 Å². The summed E-state index contributed by atoms with van der Waals surface area (Å²) >= 11 is 0. The van der Waals surface area contributed by atoms with E-state index in [1.54, 1.807) is 0 Å². The van der Waals surface area contributed by atoms with Gasteiger partial charge in [-0.05, 0) is 18.7 Å². The smallest absolute Gasteiger partial charge is 0.124 e. The standard InChI is InChI=1S/C13H19NO2/c1-10(9-15)12-5-3-4-6-13(12)16-11-7-14(2)8-11/h3-6,10-11,15H,7-9H2,1-2H3. The number of likely N-dealkylation sites (tertiary alicyclic amines) is 1. The molecule has 1 fully saturated rings. The van der Waals surface area contributed by atoms with E-state index in [0.717, 1.165) is 24.4 Å². The van der Waals surface area contributed by atoms with Gasteiger partial charge in [-0.2, -0.15) is 0 Å². The van der Waals surface area contributed by atoms with E-state index in [4.69, 9.17) is 4.74 Å². The van der Waals surface area contributed by atoms with Gasteiger partial charge in [0.25, 0.3) is 0 Å². The van der Waals surface area contributed by atoms with Gasteiger partial charge in [0.2, 0.25) is 0 Å². The van der Waals surface area contributed by atoms with E-state index in [2.05, 4.69) is 11.9 Å². The summed E-state index contributed by atoms with van der Waals surface area (Å²) in [5.74, 6) is 1.05. The third-order valence-corrected chi connectivity index (χ3v) is 3.05. The van der Waals surface area contributed by atoms with Crippen LogP contribution in [0.5, 0.6) is 5.75 Å². The Morgan fingerprint density at radius 1 is 1.44 bits per heavy atom. The van der Waals surface area contributed by atoms with Gasteiger partial charge in [-0.1, -0.05) is 25.1 Å². The Morgan fingerprint density at radius 2 is 2.12 bits per heavy atom. The number of ether oxygens (including phenoxy) is 1. The topological polar surface area (TPSA) is 32.7 Å². The van der Waals surface area contributed by atoms with Crippen molar-refractivity contribution < 1.29 is 9.84 Å². The summed E-state index contributed by atoms with van der Waals surface area (Å²) in [6, 6.07) is 7.98. The van der Waals surface area contributed by atoms with Gasteiger partial charge in [-0.15, -0.1) is 0 Å². The summed E-state index contributed by atoms with van der Waals surface area (Å²) in [6.07, 6.45) is 0.303. The van der Waals surface area contributed by atoms with Crippen LogP contribution in [0, 0.1) is 0 Å². The highest BCUT2D eigenvalue weighted by molar-refractivity contribution is 5.36. The fourth-order valence-corrected chi connectivity index (χ4v) is 1.99. The van der Waals surface area contributed by atoms with Crippen LogP contribution in [0.2, 0.25) is 0 Å². The van der Waals surface area contributed by atoms with Crippen LogP contribution < -0.4 is 4.74 Å². The molecule has 1 heterocycles. The van der Waals surface area contributed by atoms with Crippen molar-refractivity contribution >= 4 is 0 Å². The molecule has 1 aliphatic rings. The number of nitrogens with zero attached hydrogens (tertiary/aromatic N) is 1.